The Hall–Kier alpha value is -2.46. The third-order valence-electron chi connectivity index (χ3n) is 3.84. The number of aromatic carboxylic acids is 1. The molecule has 0 fully saturated rings. The number of rotatable bonds is 2. The summed E-state index contributed by atoms with van der Waals surface area (Å²) in [6, 6.07) is 3.13. The minimum atomic E-state index is -5.07. The van der Waals surface area contributed by atoms with E-state index in [9.17, 15) is 32.5 Å². The van der Waals surface area contributed by atoms with Crippen LogP contribution in [0.15, 0.2) is 23.1 Å². The molecule has 26 heavy (non-hydrogen) atoms. The molecule has 1 aliphatic carbocycles. The molecule has 134 valence electrons. The van der Waals surface area contributed by atoms with Crippen molar-refractivity contribution in [1.82, 2.24) is 0 Å². The number of carboxylic acids is 1. The molecular weight excluding hydrogens is 409 g/mol. The van der Waals surface area contributed by atoms with Crippen LogP contribution >= 0.6 is 23.2 Å². The number of benzene rings is 2. The van der Waals surface area contributed by atoms with Crippen LogP contribution in [0.25, 0.3) is 0 Å². The van der Waals surface area contributed by atoms with E-state index in [1.54, 1.807) is 0 Å². The highest BCUT2D eigenvalue weighted by Gasteiger charge is 2.38. The van der Waals surface area contributed by atoms with E-state index in [-0.39, 0.29) is 11.1 Å². The van der Waals surface area contributed by atoms with Gasteiger partial charge in [0.05, 0.1) is 32.4 Å². The van der Waals surface area contributed by atoms with E-state index in [4.69, 9.17) is 28.9 Å². The van der Waals surface area contributed by atoms with Gasteiger partial charge in [0.15, 0.2) is 11.6 Å². The van der Waals surface area contributed by atoms with E-state index in [1.165, 1.54) is 0 Å². The number of carbonyl (C=O) groups is 3. The fourth-order valence-corrected chi connectivity index (χ4v) is 4.29. The number of fused-ring (bicyclic) bond motifs is 3. The molecule has 3 rings (SSSR count). The Labute approximate surface area is 155 Å². The smallest absolute Gasteiger partial charge is 0.336 e. The lowest BCUT2D eigenvalue weighted by Gasteiger charge is -2.15. The normalized spacial score (nSPS) is 13.3. The zero-order valence-corrected chi connectivity index (χ0v) is 14.7. The highest BCUT2D eigenvalue weighted by molar-refractivity contribution is 7.86. The predicted molar refractivity (Wildman–Crippen MR) is 91.0 cm³/mol. The van der Waals surface area contributed by atoms with Gasteiger partial charge in [-0.3, -0.25) is 14.1 Å². The SMILES string of the molecule is Nc1c(Cl)c2c(c(S(=O)(=O)O)c1Cl)C(=O)c1ccc(C(=O)O)c(c1)C2=O. The first-order valence-electron chi connectivity index (χ1n) is 6.71. The van der Waals surface area contributed by atoms with Crippen LogP contribution in [0.5, 0.6) is 0 Å². The lowest BCUT2D eigenvalue weighted by molar-refractivity contribution is 0.0692. The molecule has 0 heterocycles. The van der Waals surface area contributed by atoms with E-state index in [0.29, 0.717) is 0 Å². The van der Waals surface area contributed by atoms with Crippen LogP contribution in [0, 0.1) is 0 Å². The van der Waals surface area contributed by atoms with Gasteiger partial charge >= 0.3 is 5.97 Å². The summed E-state index contributed by atoms with van der Waals surface area (Å²) in [5.41, 5.74) is 2.69. The summed E-state index contributed by atoms with van der Waals surface area (Å²) in [6.45, 7) is 0. The molecule has 4 N–H and O–H groups in total. The first-order valence-corrected chi connectivity index (χ1v) is 8.91. The number of anilines is 1. The van der Waals surface area contributed by atoms with E-state index in [0.717, 1.165) is 18.2 Å². The average molecular weight is 416 g/mol. The van der Waals surface area contributed by atoms with Crippen LogP contribution in [0.1, 0.15) is 42.2 Å². The number of nitrogens with two attached hydrogens (primary N) is 1. The standard InChI is InChI=1S/C15H7Cl2NO7S/c16-9-7-8(14(26(23,24)25)10(17)11(9)18)12(19)4-1-2-5(15(21)22)6(3-4)13(7)20/h1-3H,18H2,(H,21,22)(H,23,24,25). The van der Waals surface area contributed by atoms with Crippen LogP contribution in [-0.2, 0) is 10.1 Å². The Kier molecular flexibility index (Phi) is 4.08. The van der Waals surface area contributed by atoms with Gasteiger partial charge in [0.25, 0.3) is 10.1 Å². The largest absolute Gasteiger partial charge is 0.478 e. The van der Waals surface area contributed by atoms with Crippen molar-refractivity contribution in [3.63, 3.8) is 0 Å². The second kappa shape index (κ2) is 5.78. The topological polar surface area (TPSA) is 152 Å². The highest BCUT2D eigenvalue weighted by atomic mass is 35.5. The van der Waals surface area contributed by atoms with Crippen molar-refractivity contribution in [2.75, 3.05) is 5.73 Å². The van der Waals surface area contributed by atoms with Crippen molar-refractivity contribution in [2.24, 2.45) is 0 Å². The molecule has 2 aromatic rings. The van der Waals surface area contributed by atoms with Crippen molar-refractivity contribution in [3.8, 4) is 0 Å². The number of carboxylic acid groups (broad SMARTS) is 1. The zero-order valence-electron chi connectivity index (χ0n) is 12.4. The lowest BCUT2D eigenvalue weighted by atomic mass is 9.97. The molecule has 0 saturated carbocycles. The van der Waals surface area contributed by atoms with Crippen molar-refractivity contribution in [2.45, 2.75) is 4.90 Å². The van der Waals surface area contributed by atoms with Gasteiger partial charge < -0.3 is 10.8 Å². The molecule has 0 radical (unpaired) electrons. The average Bonchev–Trinajstić information content (AvgIpc) is 2.62. The maximum Gasteiger partial charge on any atom is 0.336 e. The summed E-state index contributed by atoms with van der Waals surface area (Å²) >= 11 is 11.9. The van der Waals surface area contributed by atoms with Crippen LogP contribution in [-0.4, -0.2) is 35.6 Å². The summed E-state index contributed by atoms with van der Waals surface area (Å²) in [4.78, 5) is 35.9. The number of hydrogen-bond acceptors (Lipinski definition) is 6. The molecule has 2 bridgehead atoms. The van der Waals surface area contributed by atoms with Gasteiger partial charge in [0.1, 0.15) is 4.90 Å². The Morgan fingerprint density at radius 3 is 2.19 bits per heavy atom. The first-order chi connectivity index (χ1) is 12.0. The molecule has 1 aliphatic rings. The van der Waals surface area contributed by atoms with Crippen molar-refractivity contribution >= 4 is 56.5 Å². The monoisotopic (exact) mass is 415 g/mol. The molecule has 0 aliphatic heterocycles. The molecule has 0 saturated heterocycles. The second-order valence-corrected chi connectivity index (χ2v) is 7.43. The zero-order chi connectivity index (χ0) is 19.5. The van der Waals surface area contributed by atoms with Crippen LogP contribution in [0.2, 0.25) is 10.0 Å². The highest BCUT2D eigenvalue weighted by Crippen LogP contribution is 2.43. The van der Waals surface area contributed by atoms with E-state index < -0.39 is 65.0 Å². The van der Waals surface area contributed by atoms with Gasteiger partial charge in [-0.15, -0.1) is 0 Å². The third kappa shape index (κ3) is 2.48. The Morgan fingerprint density at radius 1 is 1.04 bits per heavy atom. The van der Waals surface area contributed by atoms with Crippen molar-refractivity contribution < 1.29 is 32.5 Å². The molecule has 0 unspecified atom stereocenters. The molecule has 8 nitrogen and oxygen atoms in total. The van der Waals surface area contributed by atoms with Gasteiger partial charge in [0, 0.05) is 11.1 Å². The number of hydrogen-bond donors (Lipinski definition) is 3. The maximum atomic E-state index is 12.9. The van der Waals surface area contributed by atoms with Crippen LogP contribution < -0.4 is 5.73 Å². The van der Waals surface area contributed by atoms with Crippen molar-refractivity contribution in [3.05, 3.63) is 56.1 Å². The van der Waals surface area contributed by atoms with E-state index in [1.807, 2.05) is 0 Å². The van der Waals surface area contributed by atoms with Gasteiger partial charge in [0.2, 0.25) is 0 Å². The Balaban J connectivity index is 2.58. The van der Waals surface area contributed by atoms with Crippen LogP contribution in [0.4, 0.5) is 5.69 Å². The minimum absolute atomic E-state index is 0.182. The second-order valence-electron chi connectivity index (χ2n) is 5.32. The van der Waals surface area contributed by atoms with Crippen LogP contribution in [0.3, 0.4) is 0 Å². The van der Waals surface area contributed by atoms with Gasteiger partial charge in [-0.25, -0.2) is 4.79 Å². The van der Waals surface area contributed by atoms with Gasteiger partial charge in [-0.05, 0) is 12.1 Å². The molecule has 2 aromatic carbocycles. The number of carbonyl (C=O) groups excluding carboxylic acids is 2. The molecular formula is C15H7Cl2NO7S. The van der Waals surface area contributed by atoms with E-state index in [2.05, 4.69) is 0 Å². The summed E-state index contributed by atoms with van der Waals surface area (Å²) in [6.07, 6.45) is 0. The molecule has 0 spiro atoms. The number of ketones is 2. The summed E-state index contributed by atoms with van der Waals surface area (Å²) in [7, 11) is -5.07. The summed E-state index contributed by atoms with van der Waals surface area (Å²) in [5, 5.41) is 8.00. The number of nitrogen functional groups attached to an aromatic ring is 1. The van der Waals surface area contributed by atoms with Crippen molar-refractivity contribution in [1.29, 1.82) is 0 Å². The van der Waals surface area contributed by atoms with Gasteiger partial charge in [-0.2, -0.15) is 8.42 Å². The van der Waals surface area contributed by atoms with Gasteiger partial charge in [-0.1, -0.05) is 29.3 Å². The third-order valence-corrected chi connectivity index (χ3v) is 5.66. The summed E-state index contributed by atoms with van der Waals surface area (Å²) < 4.78 is 33.1. The first kappa shape index (κ1) is 18.3. The molecule has 0 amide bonds. The minimum Gasteiger partial charge on any atom is -0.478 e. The lowest BCUT2D eigenvalue weighted by Crippen LogP contribution is -2.17. The Bertz CT molecular complexity index is 1160. The number of halogens is 2. The fraction of sp³-hybridized carbons (Fsp3) is 0. The molecule has 11 heteroatoms. The fourth-order valence-electron chi connectivity index (χ4n) is 2.70. The summed E-state index contributed by atoms with van der Waals surface area (Å²) in [5.74, 6) is -3.47. The molecule has 0 aromatic heterocycles. The van der Waals surface area contributed by atoms with E-state index >= 15 is 0 Å². The maximum absolute atomic E-state index is 12.9. The Morgan fingerprint density at radius 2 is 1.65 bits per heavy atom. The molecule has 0 atom stereocenters. The predicted octanol–water partition coefficient (Wildman–Crippen LogP) is 2.30. The quantitative estimate of drug-likeness (QED) is 0.425.